The van der Waals surface area contributed by atoms with Crippen LogP contribution in [0.25, 0.3) is 0 Å². The lowest BCUT2D eigenvalue weighted by molar-refractivity contribution is 0.0712. The molecular weight excluding hydrogens is 492 g/mol. The first-order chi connectivity index (χ1) is 18.4. The summed E-state index contributed by atoms with van der Waals surface area (Å²) in [6.45, 7) is 1.64. The number of hydrogen-bond acceptors (Lipinski definition) is 5. The second-order valence-electron chi connectivity index (χ2n) is 9.72. The number of methoxy groups -OCH3 is 1. The van der Waals surface area contributed by atoms with Gasteiger partial charge in [-0.15, -0.1) is 0 Å². The quantitative estimate of drug-likeness (QED) is 0.428. The maximum absolute atomic E-state index is 14.4. The van der Waals surface area contributed by atoms with Crippen LogP contribution in [0.2, 0.25) is 0 Å². The van der Waals surface area contributed by atoms with Crippen molar-refractivity contribution in [2.45, 2.75) is 31.6 Å². The van der Waals surface area contributed by atoms with Gasteiger partial charge in [-0.25, -0.2) is 13.8 Å². The standard InChI is InChI=1S/C29H29F2N3O4/c1-37-28-26(31)23(10-13-32-28)27(35)33-22-7-4-19(5-8-22)20-11-14-34(15-12-20)29(36)21-6-9-25(24(30)16-21)38-17-18-2-3-18/h4-10,13,16,18,20H,2-3,11-12,14-15,17H2,1H3,(H,33,35). The van der Waals surface area contributed by atoms with Crippen molar-refractivity contribution in [2.75, 3.05) is 32.1 Å². The Morgan fingerprint density at radius 2 is 1.76 bits per heavy atom. The maximum atomic E-state index is 14.4. The first kappa shape index (κ1) is 25.6. The van der Waals surface area contributed by atoms with Crippen LogP contribution in [-0.4, -0.2) is 48.5 Å². The molecule has 0 atom stereocenters. The summed E-state index contributed by atoms with van der Waals surface area (Å²) < 4.78 is 39.1. The smallest absolute Gasteiger partial charge is 0.258 e. The van der Waals surface area contributed by atoms with E-state index >= 15 is 0 Å². The first-order valence-electron chi connectivity index (χ1n) is 12.7. The average molecular weight is 522 g/mol. The number of nitrogens with zero attached hydrogens (tertiary/aromatic N) is 2. The molecule has 1 aliphatic heterocycles. The molecule has 1 aromatic heterocycles. The predicted molar refractivity (Wildman–Crippen MR) is 138 cm³/mol. The number of anilines is 1. The third kappa shape index (κ3) is 5.77. The highest BCUT2D eigenvalue weighted by Gasteiger charge is 2.26. The third-order valence-electron chi connectivity index (χ3n) is 7.07. The number of piperidine rings is 1. The zero-order valence-electron chi connectivity index (χ0n) is 21.1. The molecule has 198 valence electrons. The highest BCUT2D eigenvalue weighted by Crippen LogP contribution is 2.32. The van der Waals surface area contributed by atoms with Crippen molar-refractivity contribution in [1.29, 1.82) is 0 Å². The Morgan fingerprint density at radius 1 is 1.03 bits per heavy atom. The van der Waals surface area contributed by atoms with Crippen LogP contribution in [-0.2, 0) is 0 Å². The van der Waals surface area contributed by atoms with Crippen molar-refractivity contribution in [3.63, 3.8) is 0 Å². The lowest BCUT2D eigenvalue weighted by Crippen LogP contribution is -2.38. The van der Waals surface area contributed by atoms with Crippen molar-refractivity contribution in [1.82, 2.24) is 9.88 Å². The summed E-state index contributed by atoms with van der Waals surface area (Å²) in [4.78, 5) is 31.0. The van der Waals surface area contributed by atoms with Gasteiger partial charge in [0.25, 0.3) is 17.7 Å². The van der Waals surface area contributed by atoms with Crippen LogP contribution in [0.5, 0.6) is 11.6 Å². The maximum Gasteiger partial charge on any atom is 0.258 e. The minimum Gasteiger partial charge on any atom is -0.490 e. The number of rotatable bonds is 8. The number of benzene rings is 2. The van der Waals surface area contributed by atoms with Crippen molar-refractivity contribution in [2.24, 2.45) is 5.92 Å². The minimum atomic E-state index is -0.814. The predicted octanol–water partition coefficient (Wildman–Crippen LogP) is 5.43. The molecule has 1 N–H and O–H groups in total. The fourth-order valence-corrected chi connectivity index (χ4v) is 4.62. The molecule has 3 aromatic rings. The van der Waals surface area contributed by atoms with Gasteiger partial charge in [0.05, 0.1) is 19.3 Å². The lowest BCUT2D eigenvalue weighted by atomic mass is 9.89. The number of likely N-dealkylation sites (tertiary alicyclic amines) is 1. The number of hydrogen-bond donors (Lipinski definition) is 1. The molecule has 0 unspecified atom stereocenters. The fraction of sp³-hybridized carbons (Fsp3) is 0.345. The van der Waals surface area contributed by atoms with Gasteiger partial charge in [-0.2, -0.15) is 0 Å². The van der Waals surface area contributed by atoms with Gasteiger partial charge in [-0.3, -0.25) is 9.59 Å². The summed E-state index contributed by atoms with van der Waals surface area (Å²) in [5, 5.41) is 2.69. The van der Waals surface area contributed by atoms with Gasteiger partial charge >= 0.3 is 0 Å². The van der Waals surface area contributed by atoms with Gasteiger partial charge in [-0.05, 0) is 79.5 Å². The first-order valence-corrected chi connectivity index (χ1v) is 12.7. The molecule has 0 spiro atoms. The van der Waals surface area contributed by atoms with E-state index < -0.39 is 17.5 Å². The summed E-state index contributed by atoms with van der Waals surface area (Å²) in [6.07, 6.45) is 5.10. The summed E-state index contributed by atoms with van der Waals surface area (Å²) in [5.74, 6) is -1.38. The van der Waals surface area contributed by atoms with E-state index in [2.05, 4.69) is 10.3 Å². The minimum absolute atomic E-state index is 0.154. The summed E-state index contributed by atoms with van der Waals surface area (Å²) >= 11 is 0. The van der Waals surface area contributed by atoms with Crippen LogP contribution in [0.15, 0.2) is 54.7 Å². The molecule has 1 saturated heterocycles. The number of amides is 2. The van der Waals surface area contributed by atoms with E-state index in [0.717, 1.165) is 31.2 Å². The molecule has 2 fully saturated rings. The lowest BCUT2D eigenvalue weighted by Gasteiger charge is -2.32. The van der Waals surface area contributed by atoms with Crippen LogP contribution >= 0.6 is 0 Å². The number of carbonyl (C=O) groups excluding carboxylic acids is 2. The van der Waals surface area contributed by atoms with Crippen molar-refractivity contribution in [3.8, 4) is 11.6 Å². The van der Waals surface area contributed by atoms with E-state index in [1.54, 1.807) is 23.1 Å². The largest absolute Gasteiger partial charge is 0.490 e. The van der Waals surface area contributed by atoms with Crippen molar-refractivity contribution >= 4 is 17.5 Å². The molecule has 0 radical (unpaired) electrons. The van der Waals surface area contributed by atoms with Crippen molar-refractivity contribution < 1.29 is 27.8 Å². The normalized spacial score (nSPS) is 15.7. The van der Waals surface area contributed by atoms with E-state index in [1.807, 2.05) is 12.1 Å². The molecular formula is C29H29F2N3O4. The van der Waals surface area contributed by atoms with Crippen LogP contribution in [0.1, 0.15) is 57.9 Å². The molecule has 9 heteroatoms. The van der Waals surface area contributed by atoms with E-state index in [9.17, 15) is 18.4 Å². The molecule has 2 aromatic carbocycles. The highest BCUT2D eigenvalue weighted by molar-refractivity contribution is 6.04. The topological polar surface area (TPSA) is 80.8 Å². The van der Waals surface area contributed by atoms with Gasteiger partial charge in [0, 0.05) is 30.5 Å². The Balaban J connectivity index is 1.14. The Bertz CT molecular complexity index is 1320. The summed E-state index contributed by atoms with van der Waals surface area (Å²) in [6, 6.07) is 13.1. The molecule has 38 heavy (non-hydrogen) atoms. The van der Waals surface area contributed by atoms with Gasteiger partial charge < -0.3 is 19.7 Å². The van der Waals surface area contributed by atoms with E-state index in [-0.39, 0.29) is 29.0 Å². The summed E-state index contributed by atoms with van der Waals surface area (Å²) in [5.41, 5.74) is 1.80. The van der Waals surface area contributed by atoms with Gasteiger partial charge in [-0.1, -0.05) is 12.1 Å². The van der Waals surface area contributed by atoms with Gasteiger partial charge in [0.2, 0.25) is 0 Å². The molecule has 1 aliphatic carbocycles. The molecule has 1 saturated carbocycles. The number of halogens is 2. The van der Waals surface area contributed by atoms with E-state index in [0.29, 0.717) is 36.9 Å². The number of pyridine rings is 1. The molecule has 2 amide bonds. The highest BCUT2D eigenvalue weighted by atomic mass is 19.1. The second-order valence-corrected chi connectivity index (χ2v) is 9.72. The zero-order valence-corrected chi connectivity index (χ0v) is 21.1. The van der Waals surface area contributed by atoms with E-state index in [1.165, 1.54) is 31.5 Å². The Kier molecular flexibility index (Phi) is 7.53. The Labute approximate surface area is 219 Å². The third-order valence-corrected chi connectivity index (χ3v) is 7.07. The average Bonchev–Trinajstić information content (AvgIpc) is 3.77. The number of aromatic nitrogens is 1. The van der Waals surface area contributed by atoms with Crippen LogP contribution in [0.3, 0.4) is 0 Å². The number of nitrogens with one attached hydrogen (secondary N) is 1. The Hall–Kier alpha value is -4.01. The number of carbonyl (C=O) groups is 2. The van der Waals surface area contributed by atoms with Crippen molar-refractivity contribution in [3.05, 3.63) is 83.1 Å². The molecule has 7 nitrogen and oxygen atoms in total. The fourth-order valence-electron chi connectivity index (χ4n) is 4.62. The molecule has 2 heterocycles. The molecule has 0 bridgehead atoms. The SMILES string of the molecule is COc1nccc(C(=O)Nc2ccc(C3CCN(C(=O)c4ccc(OCC5CC5)c(F)c4)CC3)cc2)c1F. The van der Waals surface area contributed by atoms with Gasteiger partial charge in [0.1, 0.15) is 0 Å². The zero-order chi connectivity index (χ0) is 26.6. The second kappa shape index (κ2) is 11.2. The van der Waals surface area contributed by atoms with Crippen LogP contribution in [0, 0.1) is 17.6 Å². The Morgan fingerprint density at radius 3 is 2.42 bits per heavy atom. The number of ether oxygens (including phenoxy) is 2. The molecule has 5 rings (SSSR count). The van der Waals surface area contributed by atoms with E-state index in [4.69, 9.17) is 9.47 Å². The molecule has 2 aliphatic rings. The van der Waals surface area contributed by atoms with Gasteiger partial charge in [0.15, 0.2) is 17.4 Å². The monoisotopic (exact) mass is 521 g/mol. The summed E-state index contributed by atoms with van der Waals surface area (Å²) in [7, 11) is 1.29. The van der Waals surface area contributed by atoms with Crippen LogP contribution < -0.4 is 14.8 Å². The van der Waals surface area contributed by atoms with Crippen LogP contribution in [0.4, 0.5) is 14.5 Å².